The number of benzene rings is 2. The van der Waals surface area contributed by atoms with E-state index < -0.39 is 6.10 Å². The van der Waals surface area contributed by atoms with Crippen molar-refractivity contribution >= 4 is 28.6 Å². The topological polar surface area (TPSA) is 155 Å². The van der Waals surface area contributed by atoms with Gasteiger partial charge in [-0.25, -0.2) is 10.4 Å². The van der Waals surface area contributed by atoms with Crippen molar-refractivity contribution in [3.63, 3.8) is 0 Å². The van der Waals surface area contributed by atoms with Crippen LogP contribution in [0.1, 0.15) is 30.3 Å². The van der Waals surface area contributed by atoms with Crippen LogP contribution < -0.4 is 21.2 Å². The molecule has 35 heavy (non-hydrogen) atoms. The standard InChI is InChI=1S/C25H30N6O4/c1-15-10-24(34)30-31-25(15)17-4-7-20-21(12-17)29-23(28-20)8-9-27-13-18(32)14-35-19-5-2-16(3-6-19)11-22(26)33/h2-7,12,15,18,27,32H,8-11,13-14H2,1H3,(H2,26,33)(H,28,29)(H,30,34). The molecule has 2 aromatic carbocycles. The molecular weight excluding hydrogens is 448 g/mol. The quantitative estimate of drug-likeness (QED) is 0.259. The second-order valence-electron chi connectivity index (χ2n) is 8.76. The average molecular weight is 479 g/mol. The fourth-order valence-electron chi connectivity index (χ4n) is 3.97. The molecule has 0 fully saturated rings. The Labute approximate surface area is 203 Å². The van der Waals surface area contributed by atoms with Crippen LogP contribution in [0.2, 0.25) is 0 Å². The Morgan fingerprint density at radius 2 is 2.09 bits per heavy atom. The first-order chi connectivity index (χ1) is 16.9. The summed E-state index contributed by atoms with van der Waals surface area (Å²) >= 11 is 0. The second kappa shape index (κ2) is 11.1. The summed E-state index contributed by atoms with van der Waals surface area (Å²) < 4.78 is 5.60. The van der Waals surface area contributed by atoms with Gasteiger partial charge in [0.25, 0.3) is 0 Å². The number of aromatic amines is 1. The lowest BCUT2D eigenvalue weighted by Crippen LogP contribution is -2.32. The van der Waals surface area contributed by atoms with Gasteiger partial charge in [0.15, 0.2) is 0 Å². The zero-order valence-electron chi connectivity index (χ0n) is 19.6. The number of aromatic nitrogens is 2. The Bertz CT molecular complexity index is 1220. The Kier molecular flexibility index (Phi) is 7.74. The van der Waals surface area contributed by atoms with Crippen LogP contribution in [0, 0.1) is 5.92 Å². The Balaban J connectivity index is 1.22. The Morgan fingerprint density at radius 3 is 2.83 bits per heavy atom. The number of hydrogen-bond acceptors (Lipinski definition) is 7. The van der Waals surface area contributed by atoms with Crippen LogP contribution in [0.3, 0.4) is 0 Å². The number of ether oxygens (including phenoxy) is 1. The van der Waals surface area contributed by atoms with Gasteiger partial charge in [0, 0.05) is 37.4 Å². The number of H-pyrrole nitrogens is 1. The minimum Gasteiger partial charge on any atom is -0.491 e. The van der Waals surface area contributed by atoms with Gasteiger partial charge in [0.1, 0.15) is 24.3 Å². The number of aliphatic hydroxyl groups excluding tert-OH is 1. The molecule has 0 saturated carbocycles. The third kappa shape index (κ3) is 6.65. The lowest BCUT2D eigenvalue weighted by atomic mass is 9.94. The van der Waals surface area contributed by atoms with Crippen molar-refractivity contribution < 1.29 is 19.4 Å². The molecule has 1 aliphatic rings. The summed E-state index contributed by atoms with van der Waals surface area (Å²) in [5.41, 5.74) is 12.2. The highest BCUT2D eigenvalue weighted by molar-refractivity contribution is 6.07. The number of hydrazone groups is 1. The van der Waals surface area contributed by atoms with Gasteiger partial charge in [-0.1, -0.05) is 25.1 Å². The van der Waals surface area contributed by atoms with Crippen molar-refractivity contribution in [2.45, 2.75) is 32.3 Å². The number of rotatable bonds is 11. The summed E-state index contributed by atoms with van der Waals surface area (Å²) in [5.74, 6) is 1.08. The normalized spacial score (nSPS) is 16.6. The van der Waals surface area contributed by atoms with Gasteiger partial charge in [-0.05, 0) is 29.8 Å². The summed E-state index contributed by atoms with van der Waals surface area (Å²) in [5, 5.41) is 17.6. The summed E-state index contributed by atoms with van der Waals surface area (Å²) in [6, 6.07) is 13.0. The summed E-state index contributed by atoms with van der Waals surface area (Å²) in [7, 11) is 0. The number of fused-ring (bicyclic) bond motifs is 1. The Hall–Kier alpha value is -3.76. The number of nitrogens with zero attached hydrogens (tertiary/aromatic N) is 2. The lowest BCUT2D eigenvalue weighted by molar-refractivity contribution is -0.122. The van der Waals surface area contributed by atoms with Crippen molar-refractivity contribution in [1.82, 2.24) is 20.7 Å². The first-order valence-corrected chi connectivity index (χ1v) is 11.6. The number of aliphatic hydroxyl groups is 1. The van der Waals surface area contributed by atoms with Crippen LogP contribution in [-0.2, 0) is 22.4 Å². The number of imidazole rings is 1. The largest absolute Gasteiger partial charge is 0.491 e. The van der Waals surface area contributed by atoms with Crippen molar-refractivity contribution in [3.8, 4) is 5.75 Å². The molecular formula is C25H30N6O4. The van der Waals surface area contributed by atoms with Crippen LogP contribution in [0.4, 0.5) is 0 Å². The molecule has 0 saturated heterocycles. The first-order valence-electron chi connectivity index (χ1n) is 11.6. The smallest absolute Gasteiger partial charge is 0.240 e. The van der Waals surface area contributed by atoms with Crippen molar-refractivity contribution in [2.24, 2.45) is 16.8 Å². The Morgan fingerprint density at radius 1 is 1.29 bits per heavy atom. The molecule has 3 aromatic rings. The fraction of sp³-hybridized carbons (Fsp3) is 0.360. The molecule has 184 valence electrons. The monoisotopic (exact) mass is 478 g/mol. The van der Waals surface area contributed by atoms with E-state index in [9.17, 15) is 14.7 Å². The van der Waals surface area contributed by atoms with Gasteiger partial charge in [0.2, 0.25) is 11.8 Å². The summed E-state index contributed by atoms with van der Waals surface area (Å²) in [6.45, 7) is 3.17. The van der Waals surface area contributed by atoms with E-state index in [2.05, 4.69) is 25.8 Å². The number of nitrogens with one attached hydrogen (secondary N) is 3. The van der Waals surface area contributed by atoms with E-state index in [1.807, 2.05) is 25.1 Å². The number of nitrogens with two attached hydrogens (primary N) is 1. The fourth-order valence-corrected chi connectivity index (χ4v) is 3.97. The number of primary amides is 1. The van der Waals surface area contributed by atoms with Gasteiger partial charge in [-0.3, -0.25) is 9.59 Å². The maximum atomic E-state index is 11.5. The van der Waals surface area contributed by atoms with Gasteiger partial charge >= 0.3 is 0 Å². The molecule has 2 atom stereocenters. The summed E-state index contributed by atoms with van der Waals surface area (Å²) in [4.78, 5) is 30.4. The molecule has 2 unspecified atom stereocenters. The van der Waals surface area contributed by atoms with Gasteiger partial charge < -0.3 is 25.9 Å². The van der Waals surface area contributed by atoms with Crippen LogP contribution >= 0.6 is 0 Å². The van der Waals surface area contributed by atoms with E-state index in [0.29, 0.717) is 31.7 Å². The second-order valence-corrected chi connectivity index (χ2v) is 8.76. The van der Waals surface area contributed by atoms with E-state index in [1.54, 1.807) is 24.3 Å². The molecule has 6 N–H and O–H groups in total. The third-order valence-electron chi connectivity index (χ3n) is 5.75. The highest BCUT2D eigenvalue weighted by Crippen LogP contribution is 2.20. The van der Waals surface area contributed by atoms with E-state index >= 15 is 0 Å². The molecule has 2 heterocycles. The van der Waals surface area contributed by atoms with Gasteiger partial charge in [-0.2, -0.15) is 5.10 Å². The van der Waals surface area contributed by atoms with Gasteiger partial charge in [0.05, 0.1) is 23.2 Å². The SMILES string of the molecule is CC1CC(=O)NN=C1c1ccc2nc(CCNCC(O)COc3ccc(CC(N)=O)cc3)[nH]c2c1. The van der Waals surface area contributed by atoms with Gasteiger partial charge in [-0.15, -0.1) is 0 Å². The highest BCUT2D eigenvalue weighted by Gasteiger charge is 2.22. The van der Waals surface area contributed by atoms with E-state index in [1.165, 1.54) is 0 Å². The molecule has 0 bridgehead atoms. The zero-order valence-corrected chi connectivity index (χ0v) is 19.6. The van der Waals surface area contributed by atoms with E-state index in [4.69, 9.17) is 10.5 Å². The molecule has 2 amide bonds. The highest BCUT2D eigenvalue weighted by atomic mass is 16.5. The predicted molar refractivity (Wildman–Crippen MR) is 132 cm³/mol. The maximum absolute atomic E-state index is 11.5. The molecule has 10 heteroatoms. The molecule has 0 spiro atoms. The number of hydrogen-bond donors (Lipinski definition) is 5. The van der Waals surface area contributed by atoms with E-state index in [0.717, 1.165) is 33.7 Å². The molecule has 4 rings (SSSR count). The maximum Gasteiger partial charge on any atom is 0.240 e. The minimum atomic E-state index is -0.669. The van der Waals surface area contributed by atoms with E-state index in [-0.39, 0.29) is 30.8 Å². The molecule has 0 radical (unpaired) electrons. The number of carbonyl (C=O) groups excluding carboxylic acids is 2. The van der Waals surface area contributed by atoms with Crippen molar-refractivity contribution in [2.75, 3.05) is 19.7 Å². The van der Waals surface area contributed by atoms with Crippen molar-refractivity contribution in [1.29, 1.82) is 0 Å². The van der Waals surface area contributed by atoms with Crippen LogP contribution in [0.5, 0.6) is 5.75 Å². The first kappa shape index (κ1) is 24.4. The zero-order chi connectivity index (χ0) is 24.8. The molecule has 1 aromatic heterocycles. The van der Waals surface area contributed by atoms with Crippen molar-refractivity contribution in [3.05, 3.63) is 59.4 Å². The molecule has 1 aliphatic heterocycles. The molecule has 0 aliphatic carbocycles. The minimum absolute atomic E-state index is 0.0596. The number of amides is 2. The number of carbonyl (C=O) groups is 2. The summed E-state index contributed by atoms with van der Waals surface area (Å²) in [6.07, 6.45) is 0.619. The predicted octanol–water partition coefficient (Wildman–Crippen LogP) is 1.02. The average Bonchev–Trinajstić information content (AvgIpc) is 3.23. The lowest BCUT2D eigenvalue weighted by Gasteiger charge is -2.18. The van der Waals surface area contributed by atoms with Crippen LogP contribution in [0.15, 0.2) is 47.6 Å². The van der Waals surface area contributed by atoms with Crippen LogP contribution in [0.25, 0.3) is 11.0 Å². The molecule has 10 nitrogen and oxygen atoms in total. The third-order valence-corrected chi connectivity index (χ3v) is 5.75. The van der Waals surface area contributed by atoms with Crippen LogP contribution in [-0.4, -0.2) is 58.4 Å².